The van der Waals surface area contributed by atoms with E-state index in [1.165, 1.54) is 12.1 Å². The van der Waals surface area contributed by atoms with Crippen molar-refractivity contribution in [2.45, 2.75) is 18.7 Å². The largest absolute Gasteiger partial charge is 0.357 e. The molecule has 0 aliphatic carbocycles. The van der Waals surface area contributed by atoms with Gasteiger partial charge in [0.15, 0.2) is 0 Å². The number of aryl methyl sites for hydroxylation is 2. The molecule has 0 bridgehead atoms. The molecule has 24 heavy (non-hydrogen) atoms. The summed E-state index contributed by atoms with van der Waals surface area (Å²) in [6.45, 7) is 3.88. The third kappa shape index (κ3) is 2.71. The highest BCUT2D eigenvalue weighted by molar-refractivity contribution is 7.92. The van der Waals surface area contributed by atoms with Crippen LogP contribution in [0, 0.1) is 24.0 Å². The van der Waals surface area contributed by atoms with E-state index in [0.29, 0.717) is 11.2 Å². The smallest absolute Gasteiger partial charge is 0.269 e. The van der Waals surface area contributed by atoms with Crippen LogP contribution in [-0.4, -0.2) is 18.3 Å². The summed E-state index contributed by atoms with van der Waals surface area (Å²) < 4.78 is 27.6. The number of para-hydroxylation sites is 1. The van der Waals surface area contributed by atoms with Gasteiger partial charge in [-0.1, -0.05) is 12.1 Å². The molecule has 0 unspecified atom stereocenters. The second-order valence-electron chi connectivity index (χ2n) is 5.46. The molecule has 0 aliphatic rings. The number of nitro benzene ring substituents is 1. The Hall–Kier alpha value is -2.87. The monoisotopic (exact) mass is 345 g/mol. The molecule has 1 heterocycles. The van der Waals surface area contributed by atoms with Gasteiger partial charge in [0.05, 0.1) is 21.0 Å². The predicted molar refractivity (Wildman–Crippen MR) is 91.7 cm³/mol. The van der Waals surface area contributed by atoms with Crippen LogP contribution in [0.3, 0.4) is 0 Å². The van der Waals surface area contributed by atoms with Crippen LogP contribution in [0.2, 0.25) is 0 Å². The lowest BCUT2D eigenvalue weighted by molar-refractivity contribution is -0.384. The van der Waals surface area contributed by atoms with Crippen LogP contribution in [0.25, 0.3) is 10.9 Å². The molecule has 0 aliphatic heterocycles. The van der Waals surface area contributed by atoms with Crippen molar-refractivity contribution in [1.29, 1.82) is 0 Å². The van der Waals surface area contributed by atoms with Crippen molar-refractivity contribution < 1.29 is 13.3 Å². The van der Waals surface area contributed by atoms with Crippen LogP contribution in [0.15, 0.2) is 47.4 Å². The number of aromatic amines is 1. The van der Waals surface area contributed by atoms with Crippen molar-refractivity contribution in [3.63, 3.8) is 0 Å². The van der Waals surface area contributed by atoms with E-state index in [-0.39, 0.29) is 10.6 Å². The number of H-pyrrole nitrogens is 1. The SMILES string of the molecule is Cc1[nH]c2c(NS(=O)(=O)c3ccc([N+](=O)[O-])cc3)cccc2c1C. The molecule has 0 saturated heterocycles. The maximum atomic E-state index is 12.5. The topological polar surface area (TPSA) is 105 Å². The lowest BCUT2D eigenvalue weighted by Crippen LogP contribution is -2.13. The van der Waals surface area contributed by atoms with Crippen molar-refractivity contribution in [3.05, 3.63) is 63.8 Å². The molecule has 124 valence electrons. The van der Waals surface area contributed by atoms with Gasteiger partial charge in [0.2, 0.25) is 0 Å². The van der Waals surface area contributed by atoms with Crippen molar-refractivity contribution in [2.24, 2.45) is 0 Å². The maximum Gasteiger partial charge on any atom is 0.269 e. The van der Waals surface area contributed by atoms with Gasteiger partial charge in [-0.15, -0.1) is 0 Å². The highest BCUT2D eigenvalue weighted by Crippen LogP contribution is 2.29. The van der Waals surface area contributed by atoms with Crippen LogP contribution in [0.5, 0.6) is 0 Å². The quantitative estimate of drug-likeness (QED) is 0.557. The zero-order valence-electron chi connectivity index (χ0n) is 13.0. The average molecular weight is 345 g/mol. The number of anilines is 1. The number of hydrogen-bond acceptors (Lipinski definition) is 4. The number of benzene rings is 2. The number of sulfonamides is 1. The Kier molecular flexibility index (Phi) is 3.76. The fourth-order valence-corrected chi connectivity index (χ4v) is 3.59. The van der Waals surface area contributed by atoms with E-state index >= 15 is 0 Å². The normalized spacial score (nSPS) is 11.6. The molecule has 0 radical (unpaired) electrons. The molecule has 0 atom stereocenters. The Morgan fingerprint density at radius 1 is 1.08 bits per heavy atom. The minimum atomic E-state index is -3.84. The summed E-state index contributed by atoms with van der Waals surface area (Å²) >= 11 is 0. The number of nitrogens with zero attached hydrogens (tertiary/aromatic N) is 1. The first-order valence-electron chi connectivity index (χ1n) is 7.15. The van der Waals surface area contributed by atoms with Gasteiger partial charge in [-0.3, -0.25) is 14.8 Å². The lowest BCUT2D eigenvalue weighted by Gasteiger charge is -2.09. The fraction of sp³-hybridized carbons (Fsp3) is 0.125. The fourth-order valence-electron chi connectivity index (χ4n) is 2.52. The maximum absolute atomic E-state index is 12.5. The Balaban J connectivity index is 2.01. The Morgan fingerprint density at radius 3 is 2.38 bits per heavy atom. The van der Waals surface area contributed by atoms with E-state index in [0.717, 1.165) is 28.8 Å². The molecule has 8 heteroatoms. The summed E-state index contributed by atoms with van der Waals surface area (Å²) in [5, 5.41) is 11.6. The number of hydrogen-bond donors (Lipinski definition) is 2. The summed E-state index contributed by atoms with van der Waals surface area (Å²) in [7, 11) is -3.84. The second-order valence-corrected chi connectivity index (χ2v) is 7.14. The van der Waals surface area contributed by atoms with Crippen LogP contribution in [0.1, 0.15) is 11.3 Å². The zero-order valence-corrected chi connectivity index (χ0v) is 13.8. The second kappa shape index (κ2) is 5.64. The van der Waals surface area contributed by atoms with Gasteiger partial charge < -0.3 is 4.98 Å². The van der Waals surface area contributed by atoms with Crippen molar-refractivity contribution in [1.82, 2.24) is 4.98 Å². The highest BCUT2D eigenvalue weighted by Gasteiger charge is 2.18. The highest BCUT2D eigenvalue weighted by atomic mass is 32.2. The molecule has 0 saturated carbocycles. The van der Waals surface area contributed by atoms with Gasteiger partial charge in [0, 0.05) is 23.2 Å². The van der Waals surface area contributed by atoms with E-state index in [4.69, 9.17) is 0 Å². The molecule has 0 spiro atoms. The third-order valence-electron chi connectivity index (χ3n) is 3.95. The predicted octanol–water partition coefficient (Wildman–Crippen LogP) is 3.49. The molecule has 2 aromatic carbocycles. The van der Waals surface area contributed by atoms with Crippen LogP contribution >= 0.6 is 0 Å². The lowest BCUT2D eigenvalue weighted by atomic mass is 10.1. The number of rotatable bonds is 4. The summed E-state index contributed by atoms with van der Waals surface area (Å²) in [6.07, 6.45) is 0. The molecule has 1 aromatic heterocycles. The number of nitrogens with one attached hydrogen (secondary N) is 2. The molecule has 2 N–H and O–H groups in total. The Labute approximate surface area is 138 Å². The molecular weight excluding hydrogens is 330 g/mol. The van der Waals surface area contributed by atoms with E-state index in [2.05, 4.69) is 9.71 Å². The van der Waals surface area contributed by atoms with Gasteiger partial charge in [-0.05, 0) is 37.6 Å². The zero-order chi connectivity index (χ0) is 17.5. The van der Waals surface area contributed by atoms with Crippen molar-refractivity contribution >= 4 is 32.3 Å². The van der Waals surface area contributed by atoms with Crippen LogP contribution < -0.4 is 4.72 Å². The van der Waals surface area contributed by atoms with Gasteiger partial charge in [-0.2, -0.15) is 0 Å². The molecular formula is C16H15N3O4S. The number of nitro groups is 1. The molecule has 0 amide bonds. The summed E-state index contributed by atoms with van der Waals surface area (Å²) in [4.78, 5) is 13.2. The minimum absolute atomic E-state index is 0.0369. The first kappa shape index (κ1) is 16.0. The summed E-state index contributed by atoms with van der Waals surface area (Å²) in [5.41, 5.74) is 3.00. The molecule has 3 aromatic rings. The van der Waals surface area contributed by atoms with Gasteiger partial charge >= 0.3 is 0 Å². The van der Waals surface area contributed by atoms with E-state index < -0.39 is 14.9 Å². The van der Waals surface area contributed by atoms with Crippen molar-refractivity contribution in [2.75, 3.05) is 4.72 Å². The van der Waals surface area contributed by atoms with Gasteiger partial charge in [0.1, 0.15) is 0 Å². The summed E-state index contributed by atoms with van der Waals surface area (Å²) in [5.74, 6) is 0. The molecule has 7 nitrogen and oxygen atoms in total. The third-order valence-corrected chi connectivity index (χ3v) is 5.33. The van der Waals surface area contributed by atoms with Gasteiger partial charge in [-0.25, -0.2) is 8.42 Å². The molecule has 3 rings (SSSR count). The Morgan fingerprint density at radius 2 is 1.75 bits per heavy atom. The summed E-state index contributed by atoms with van der Waals surface area (Å²) in [6, 6.07) is 10.1. The standard InChI is InChI=1S/C16H15N3O4S/c1-10-11(2)17-16-14(10)4-3-5-15(16)18-24(22,23)13-8-6-12(7-9-13)19(20)21/h3-9,17-18H,1-2H3. The minimum Gasteiger partial charge on any atom is -0.357 e. The molecule has 0 fully saturated rings. The average Bonchev–Trinajstić information content (AvgIpc) is 2.84. The Bertz CT molecular complexity index is 1040. The van der Waals surface area contributed by atoms with Crippen LogP contribution in [0.4, 0.5) is 11.4 Å². The first-order valence-corrected chi connectivity index (χ1v) is 8.63. The first-order chi connectivity index (χ1) is 11.3. The van der Waals surface area contributed by atoms with E-state index in [1.54, 1.807) is 12.1 Å². The van der Waals surface area contributed by atoms with E-state index in [1.807, 2.05) is 19.9 Å². The number of aromatic nitrogens is 1. The van der Waals surface area contributed by atoms with Crippen molar-refractivity contribution in [3.8, 4) is 0 Å². The van der Waals surface area contributed by atoms with Crippen LogP contribution in [-0.2, 0) is 10.0 Å². The number of non-ortho nitro benzene ring substituents is 1. The number of fused-ring (bicyclic) bond motifs is 1. The van der Waals surface area contributed by atoms with Gasteiger partial charge in [0.25, 0.3) is 15.7 Å². The van der Waals surface area contributed by atoms with E-state index in [9.17, 15) is 18.5 Å².